The van der Waals surface area contributed by atoms with E-state index in [1.54, 1.807) is 25.1 Å². The van der Waals surface area contributed by atoms with Crippen LogP contribution >= 0.6 is 8.53 Å². The molecule has 0 radical (unpaired) electrons. The van der Waals surface area contributed by atoms with Crippen molar-refractivity contribution >= 4 is 22.8 Å². The van der Waals surface area contributed by atoms with Crippen molar-refractivity contribution in [2.24, 2.45) is 5.41 Å². The van der Waals surface area contributed by atoms with E-state index in [9.17, 15) is 10.1 Å². The summed E-state index contributed by atoms with van der Waals surface area (Å²) in [4.78, 5) is 17.7. The smallest absolute Gasteiger partial charge is 0.312 e. The van der Waals surface area contributed by atoms with Crippen LogP contribution in [0.3, 0.4) is 0 Å². The van der Waals surface area contributed by atoms with Gasteiger partial charge in [0.2, 0.25) is 0 Å². The maximum Gasteiger partial charge on any atom is 0.312 e. The summed E-state index contributed by atoms with van der Waals surface area (Å²) in [6.45, 7) is 25.2. The summed E-state index contributed by atoms with van der Waals surface area (Å²) >= 11 is 0. The summed E-state index contributed by atoms with van der Waals surface area (Å²) in [5.74, 6) is 1.10. The predicted molar refractivity (Wildman–Crippen MR) is 256 cm³/mol. The number of imidazole rings is 1. The van der Waals surface area contributed by atoms with E-state index in [1.807, 2.05) is 93.7 Å². The maximum atomic E-state index is 12.8. The van der Waals surface area contributed by atoms with E-state index >= 15 is 0 Å². The van der Waals surface area contributed by atoms with Crippen LogP contribution in [0.1, 0.15) is 104 Å². The Hall–Kier alpha value is -4.16. The Labute approximate surface area is 389 Å². The molecule has 1 unspecified atom stereocenters. The third-order valence-electron chi connectivity index (χ3n) is 12.0. The third-order valence-corrected chi connectivity index (χ3v) is 18.6. The van der Waals surface area contributed by atoms with Crippen LogP contribution in [0.15, 0.2) is 91.4 Å². The van der Waals surface area contributed by atoms with Crippen molar-refractivity contribution in [3.05, 3.63) is 114 Å². The van der Waals surface area contributed by atoms with Crippen molar-refractivity contribution in [1.82, 2.24) is 14.2 Å². The van der Waals surface area contributed by atoms with Crippen molar-refractivity contribution in [2.45, 2.75) is 143 Å². The molecule has 0 saturated carbocycles. The Balaban J connectivity index is 1.69. The van der Waals surface area contributed by atoms with Crippen LogP contribution in [0.25, 0.3) is 0 Å². The van der Waals surface area contributed by atoms with Crippen molar-refractivity contribution in [3.63, 3.8) is 0 Å². The lowest BCUT2D eigenvalue weighted by Gasteiger charge is -2.43. The Bertz CT molecular complexity index is 2090. The number of nitrogens with zero attached hydrogens (tertiary/aromatic N) is 4. The van der Waals surface area contributed by atoms with Gasteiger partial charge in [-0.1, -0.05) is 75.4 Å². The number of ether oxygens (including phenoxy) is 5. The first-order valence-electron chi connectivity index (χ1n) is 22.4. The molecular weight excluding hydrogens is 860 g/mol. The topological polar surface area (TPSA) is 136 Å². The molecule has 2 heterocycles. The number of carbonyl (C=O) groups is 1. The highest BCUT2D eigenvalue weighted by atomic mass is 31.2. The molecule has 0 bridgehead atoms. The second kappa shape index (κ2) is 22.1. The van der Waals surface area contributed by atoms with Gasteiger partial charge in [0.05, 0.1) is 57.4 Å². The molecule has 1 fully saturated rings. The summed E-state index contributed by atoms with van der Waals surface area (Å²) in [7, 11) is -1.04. The molecule has 0 aliphatic carbocycles. The molecule has 354 valence electrons. The number of nitriles is 1. The molecule has 0 spiro atoms. The highest BCUT2D eigenvalue weighted by molar-refractivity contribution is 7.44. The number of hydrogen-bond acceptors (Lipinski definition) is 12. The minimum Gasteiger partial charge on any atom is -0.497 e. The Morgan fingerprint density at radius 3 is 1.91 bits per heavy atom. The molecule has 1 aliphatic heterocycles. The highest BCUT2D eigenvalue weighted by Gasteiger charge is 2.54. The normalized spacial score (nSPS) is 18.8. The van der Waals surface area contributed by atoms with Crippen LogP contribution in [0.5, 0.6) is 11.5 Å². The van der Waals surface area contributed by atoms with E-state index in [-0.39, 0.29) is 49.5 Å². The van der Waals surface area contributed by atoms with Crippen LogP contribution in [0.4, 0.5) is 0 Å². The molecule has 4 aromatic rings. The number of methoxy groups -OCH3 is 2. The lowest BCUT2D eigenvalue weighted by atomic mass is 9.80. The Morgan fingerprint density at radius 1 is 0.862 bits per heavy atom. The van der Waals surface area contributed by atoms with Crippen LogP contribution < -0.4 is 9.47 Å². The zero-order chi connectivity index (χ0) is 47.7. The minimum atomic E-state index is -2.58. The third kappa shape index (κ3) is 12.4. The summed E-state index contributed by atoms with van der Waals surface area (Å²) in [5, 5.41) is 9.37. The van der Waals surface area contributed by atoms with Gasteiger partial charge in [-0.25, -0.2) is 9.65 Å². The zero-order valence-electron chi connectivity index (χ0n) is 40.9. The quantitative estimate of drug-likeness (QED) is 0.0259. The van der Waals surface area contributed by atoms with Crippen LogP contribution in [-0.4, -0.2) is 86.3 Å². The van der Waals surface area contributed by atoms with Gasteiger partial charge in [0, 0.05) is 18.3 Å². The first-order chi connectivity index (χ1) is 30.7. The fourth-order valence-electron chi connectivity index (χ4n) is 7.50. The van der Waals surface area contributed by atoms with Gasteiger partial charge in [-0.15, -0.1) is 0 Å². The van der Waals surface area contributed by atoms with Gasteiger partial charge in [0.1, 0.15) is 41.5 Å². The molecule has 0 N–H and O–H groups in total. The van der Waals surface area contributed by atoms with Gasteiger partial charge in [-0.2, -0.15) is 5.26 Å². The van der Waals surface area contributed by atoms with E-state index in [2.05, 4.69) is 84.4 Å². The predicted octanol–water partition coefficient (Wildman–Crippen LogP) is 10.9. The molecular formula is C50H71N4O9PSi. The van der Waals surface area contributed by atoms with Crippen LogP contribution in [0.2, 0.25) is 18.1 Å². The number of aromatic nitrogens is 2. The summed E-state index contributed by atoms with van der Waals surface area (Å²) < 4.78 is 56.9. The summed E-state index contributed by atoms with van der Waals surface area (Å²) in [6.07, 6.45) is 0.784. The average molecular weight is 931 g/mol. The van der Waals surface area contributed by atoms with E-state index in [0.29, 0.717) is 17.2 Å². The molecule has 0 amide bonds. The Morgan fingerprint density at radius 2 is 1.42 bits per heavy atom. The summed E-state index contributed by atoms with van der Waals surface area (Å²) in [6, 6.07) is 28.3. The van der Waals surface area contributed by atoms with Crippen LogP contribution in [-0.2, 0) is 44.8 Å². The molecule has 65 heavy (non-hydrogen) atoms. The molecule has 15 heteroatoms. The average Bonchev–Trinajstić information content (AvgIpc) is 3.86. The first-order valence-corrected chi connectivity index (χ1v) is 26.5. The van der Waals surface area contributed by atoms with Gasteiger partial charge < -0.3 is 41.7 Å². The lowest BCUT2D eigenvalue weighted by Crippen LogP contribution is -2.51. The molecule has 5 atom stereocenters. The zero-order valence-corrected chi connectivity index (χ0v) is 42.8. The van der Waals surface area contributed by atoms with E-state index < -0.39 is 52.3 Å². The van der Waals surface area contributed by atoms with Gasteiger partial charge in [0.15, 0.2) is 15.0 Å². The van der Waals surface area contributed by atoms with Gasteiger partial charge >= 0.3 is 5.97 Å². The summed E-state index contributed by atoms with van der Waals surface area (Å²) in [5.41, 5.74) is 1.41. The fraction of sp³-hybridized carbons (Fsp3) is 0.540. The van der Waals surface area contributed by atoms with Crippen molar-refractivity contribution in [1.29, 1.82) is 5.26 Å². The highest BCUT2D eigenvalue weighted by Crippen LogP contribution is 2.53. The largest absolute Gasteiger partial charge is 0.497 e. The molecule has 1 aromatic heterocycles. The van der Waals surface area contributed by atoms with Crippen molar-refractivity contribution in [3.8, 4) is 17.6 Å². The van der Waals surface area contributed by atoms with E-state index in [0.717, 1.165) is 16.7 Å². The molecule has 13 nitrogen and oxygen atoms in total. The first kappa shape index (κ1) is 51.8. The number of hydrogen-bond donors (Lipinski definition) is 0. The molecule has 3 aromatic carbocycles. The van der Waals surface area contributed by atoms with Crippen molar-refractivity contribution < 1.29 is 42.0 Å². The number of rotatable bonds is 21. The van der Waals surface area contributed by atoms with E-state index in [4.69, 9.17) is 42.1 Å². The van der Waals surface area contributed by atoms with Gasteiger partial charge in [-0.05, 0) is 108 Å². The molecule has 1 saturated heterocycles. The number of esters is 1. The standard InChI is InChI=1S/C50H71N4O9PSi/c1-35(2)54(36(3)4)64(60-30-18-29-51)62-46-44(42-31-53(33-52-42)34-58-47(55)48(5,6)7)61-43(45(46)63-65(13,14)49(8,9)10)32-59-50(37-19-16-15-17-20-37,38-21-25-40(56-11)26-22-38)39-23-27-41(57-12)28-24-39/h15-17,19-28,31,33,35-36,43-46H,18,30,32,34H2,1-14H3/t43-,44+,45-,46+,64?/m1/s1. The number of carbonyl (C=O) groups excluding carboxylic acids is 1. The van der Waals surface area contributed by atoms with E-state index in [1.165, 1.54) is 0 Å². The molecule has 1 aliphatic rings. The maximum absolute atomic E-state index is 12.8. The molecule has 5 rings (SSSR count). The number of benzene rings is 3. The fourth-order valence-corrected chi connectivity index (χ4v) is 10.6. The minimum absolute atomic E-state index is 0.0282. The van der Waals surface area contributed by atoms with Gasteiger partial charge in [-0.3, -0.25) is 4.79 Å². The lowest BCUT2D eigenvalue weighted by molar-refractivity contribution is -0.156. The SMILES string of the molecule is COc1ccc(C(OC[C@H]2O[C@@H](c3cn(COC(=O)C(C)(C)C)cn3)[C@H](OP(OCCC#N)N(C(C)C)C(C)C)[C@@H]2O[Si](C)(C)C(C)(C)C)(c2ccccc2)c2ccc(OC)cc2)cc1. The monoisotopic (exact) mass is 930 g/mol. The van der Waals surface area contributed by atoms with Crippen LogP contribution in [0, 0.1) is 16.7 Å². The van der Waals surface area contributed by atoms with Gasteiger partial charge in [0.25, 0.3) is 8.53 Å². The second-order valence-electron chi connectivity index (χ2n) is 19.5. The second-order valence-corrected chi connectivity index (χ2v) is 25.7. The Kier molecular flexibility index (Phi) is 17.6. The van der Waals surface area contributed by atoms with Crippen molar-refractivity contribution in [2.75, 3.05) is 27.4 Å².